The van der Waals surface area contributed by atoms with Crippen LogP contribution in [0.15, 0.2) is 18.2 Å². The van der Waals surface area contributed by atoms with Crippen LogP contribution in [-0.2, 0) is 0 Å². The van der Waals surface area contributed by atoms with Crippen molar-refractivity contribution in [1.82, 2.24) is 9.97 Å². The highest BCUT2D eigenvalue weighted by molar-refractivity contribution is 5.82. The molecule has 12 heavy (non-hydrogen) atoms. The van der Waals surface area contributed by atoms with Crippen molar-refractivity contribution in [1.29, 1.82) is 0 Å². The van der Waals surface area contributed by atoms with Crippen molar-refractivity contribution in [3.05, 3.63) is 36.5 Å². The van der Waals surface area contributed by atoms with Gasteiger partial charge in [0.1, 0.15) is 0 Å². The summed E-state index contributed by atoms with van der Waals surface area (Å²) in [5.41, 5.74) is 2.54. The highest BCUT2D eigenvalue weighted by atomic mass is 16.1. The van der Waals surface area contributed by atoms with Gasteiger partial charge in [-0.25, -0.2) is 4.98 Å². The second-order valence-corrected chi connectivity index (χ2v) is 2.59. The number of rotatable bonds is 1. The Kier molecular flexibility index (Phi) is 1.43. The van der Waals surface area contributed by atoms with E-state index in [4.69, 9.17) is 0 Å². The molecule has 0 amide bonds. The molecule has 59 valence electrons. The summed E-state index contributed by atoms with van der Waals surface area (Å²) in [5, 5.41) is 0. The lowest BCUT2D eigenvalue weighted by Gasteiger charge is -1.88. The molecule has 0 saturated heterocycles. The van der Waals surface area contributed by atoms with Crippen molar-refractivity contribution >= 4 is 17.3 Å². The van der Waals surface area contributed by atoms with Crippen LogP contribution in [0.1, 0.15) is 16.2 Å². The standard InChI is InChI=1S/C9H7N2O/c1-6-2-3-7-8(4-6)11-9(5-12)10-7/h2-5H,1H2,(H,10,11). The van der Waals surface area contributed by atoms with Crippen LogP contribution < -0.4 is 0 Å². The maximum atomic E-state index is 10.4. The minimum Gasteiger partial charge on any atom is -0.336 e. The zero-order valence-corrected chi connectivity index (χ0v) is 6.37. The summed E-state index contributed by atoms with van der Waals surface area (Å²) >= 11 is 0. The molecule has 0 bridgehead atoms. The Morgan fingerprint density at radius 2 is 2.33 bits per heavy atom. The van der Waals surface area contributed by atoms with Crippen molar-refractivity contribution < 1.29 is 4.79 Å². The summed E-state index contributed by atoms with van der Waals surface area (Å²) in [7, 11) is 0. The second kappa shape index (κ2) is 2.44. The lowest BCUT2D eigenvalue weighted by atomic mass is 10.2. The van der Waals surface area contributed by atoms with Crippen LogP contribution in [0.2, 0.25) is 0 Å². The van der Waals surface area contributed by atoms with Gasteiger partial charge < -0.3 is 4.98 Å². The fourth-order valence-corrected chi connectivity index (χ4v) is 1.13. The molecule has 0 atom stereocenters. The Hall–Kier alpha value is -1.64. The third-order valence-electron chi connectivity index (χ3n) is 1.68. The fraction of sp³-hybridized carbons (Fsp3) is 0. The Labute approximate surface area is 69.4 Å². The number of nitrogens with one attached hydrogen (secondary N) is 1. The maximum Gasteiger partial charge on any atom is 0.185 e. The Bertz CT molecular complexity index is 431. The molecule has 2 rings (SSSR count). The molecule has 0 spiro atoms. The van der Waals surface area contributed by atoms with Crippen LogP contribution in [0.3, 0.4) is 0 Å². The molecular formula is C9H7N2O. The first-order chi connectivity index (χ1) is 5.79. The molecule has 1 aromatic heterocycles. The van der Waals surface area contributed by atoms with E-state index in [0.29, 0.717) is 12.1 Å². The first kappa shape index (κ1) is 7.03. The normalized spacial score (nSPS) is 10.4. The van der Waals surface area contributed by atoms with Crippen molar-refractivity contribution in [2.75, 3.05) is 0 Å². The van der Waals surface area contributed by atoms with Gasteiger partial charge >= 0.3 is 0 Å². The molecule has 0 aliphatic heterocycles. The summed E-state index contributed by atoms with van der Waals surface area (Å²) in [6.07, 6.45) is 0.697. The van der Waals surface area contributed by atoms with Crippen LogP contribution in [-0.4, -0.2) is 16.3 Å². The molecule has 2 aromatic rings. The van der Waals surface area contributed by atoms with Crippen LogP contribution in [0.4, 0.5) is 0 Å². The summed E-state index contributed by atoms with van der Waals surface area (Å²) in [4.78, 5) is 17.2. The molecule has 1 heterocycles. The van der Waals surface area contributed by atoms with E-state index in [0.717, 1.165) is 16.6 Å². The number of aromatic amines is 1. The minimum absolute atomic E-state index is 0.357. The molecule has 1 N–H and O–H groups in total. The number of nitrogens with zero attached hydrogens (tertiary/aromatic N) is 1. The number of hydrogen-bond acceptors (Lipinski definition) is 2. The number of hydrogen-bond donors (Lipinski definition) is 1. The van der Waals surface area contributed by atoms with Gasteiger partial charge in [0, 0.05) is 0 Å². The van der Waals surface area contributed by atoms with Crippen LogP contribution in [0, 0.1) is 6.92 Å². The molecule has 0 aliphatic carbocycles. The Morgan fingerprint density at radius 3 is 3.08 bits per heavy atom. The summed E-state index contributed by atoms with van der Waals surface area (Å²) < 4.78 is 0. The smallest absolute Gasteiger partial charge is 0.185 e. The fourth-order valence-electron chi connectivity index (χ4n) is 1.13. The minimum atomic E-state index is 0.357. The lowest BCUT2D eigenvalue weighted by Crippen LogP contribution is -1.78. The number of carbonyl (C=O) groups excluding carboxylic acids is 1. The first-order valence-electron chi connectivity index (χ1n) is 3.56. The quantitative estimate of drug-likeness (QED) is 0.642. The first-order valence-corrected chi connectivity index (χ1v) is 3.56. The number of carbonyl (C=O) groups is 1. The van der Waals surface area contributed by atoms with Gasteiger partial charge in [-0.05, 0) is 24.6 Å². The van der Waals surface area contributed by atoms with Gasteiger partial charge in [-0.3, -0.25) is 4.79 Å². The molecule has 0 fully saturated rings. The summed E-state index contributed by atoms with van der Waals surface area (Å²) in [6.45, 7) is 3.76. The third-order valence-corrected chi connectivity index (χ3v) is 1.68. The SMILES string of the molecule is [CH2]c1ccc2[nH]c(C=O)nc2c1. The van der Waals surface area contributed by atoms with E-state index in [1.54, 1.807) is 0 Å². The molecular weight excluding hydrogens is 152 g/mol. The van der Waals surface area contributed by atoms with E-state index >= 15 is 0 Å². The number of imidazole rings is 1. The summed E-state index contributed by atoms with van der Waals surface area (Å²) in [6, 6.07) is 5.56. The van der Waals surface area contributed by atoms with E-state index in [-0.39, 0.29) is 0 Å². The predicted molar refractivity (Wildman–Crippen MR) is 45.9 cm³/mol. The van der Waals surface area contributed by atoms with Crippen LogP contribution >= 0.6 is 0 Å². The highest BCUT2D eigenvalue weighted by Crippen LogP contribution is 2.11. The van der Waals surface area contributed by atoms with E-state index in [9.17, 15) is 4.79 Å². The van der Waals surface area contributed by atoms with Crippen LogP contribution in [0.5, 0.6) is 0 Å². The van der Waals surface area contributed by atoms with Crippen molar-refractivity contribution in [2.24, 2.45) is 0 Å². The van der Waals surface area contributed by atoms with Gasteiger partial charge in [-0.2, -0.15) is 0 Å². The third kappa shape index (κ3) is 0.993. The van der Waals surface area contributed by atoms with Gasteiger partial charge in [0.25, 0.3) is 0 Å². The van der Waals surface area contributed by atoms with Gasteiger partial charge in [-0.15, -0.1) is 0 Å². The second-order valence-electron chi connectivity index (χ2n) is 2.59. The molecule has 1 radical (unpaired) electrons. The lowest BCUT2D eigenvalue weighted by molar-refractivity contribution is 0.111. The predicted octanol–water partition coefficient (Wildman–Crippen LogP) is 1.56. The summed E-state index contributed by atoms with van der Waals surface area (Å²) in [5.74, 6) is 0.357. The highest BCUT2D eigenvalue weighted by Gasteiger charge is 1.99. The number of fused-ring (bicyclic) bond motifs is 1. The molecule has 0 aliphatic rings. The van der Waals surface area contributed by atoms with Gasteiger partial charge in [0.2, 0.25) is 0 Å². The molecule has 0 unspecified atom stereocenters. The largest absolute Gasteiger partial charge is 0.336 e. The van der Waals surface area contributed by atoms with Gasteiger partial charge in [0.05, 0.1) is 11.0 Å². The molecule has 1 aromatic carbocycles. The zero-order chi connectivity index (χ0) is 8.55. The van der Waals surface area contributed by atoms with Gasteiger partial charge in [0.15, 0.2) is 12.1 Å². The van der Waals surface area contributed by atoms with E-state index in [1.807, 2.05) is 18.2 Å². The Morgan fingerprint density at radius 1 is 1.50 bits per heavy atom. The number of benzene rings is 1. The van der Waals surface area contributed by atoms with Crippen molar-refractivity contribution in [3.63, 3.8) is 0 Å². The van der Waals surface area contributed by atoms with Crippen molar-refractivity contribution in [2.45, 2.75) is 0 Å². The molecule has 0 saturated carbocycles. The number of aldehydes is 1. The average molecular weight is 159 g/mol. The Balaban J connectivity index is 2.75. The molecule has 3 heteroatoms. The van der Waals surface area contributed by atoms with Crippen molar-refractivity contribution in [3.8, 4) is 0 Å². The van der Waals surface area contributed by atoms with E-state index < -0.39 is 0 Å². The maximum absolute atomic E-state index is 10.4. The van der Waals surface area contributed by atoms with Gasteiger partial charge in [-0.1, -0.05) is 6.07 Å². The van der Waals surface area contributed by atoms with E-state index in [2.05, 4.69) is 16.9 Å². The topological polar surface area (TPSA) is 45.8 Å². The van der Waals surface area contributed by atoms with Crippen LogP contribution in [0.25, 0.3) is 11.0 Å². The van der Waals surface area contributed by atoms with E-state index in [1.165, 1.54) is 0 Å². The average Bonchev–Trinajstić information content (AvgIpc) is 2.46. The monoisotopic (exact) mass is 159 g/mol. The number of aromatic nitrogens is 2. The molecule has 3 nitrogen and oxygen atoms in total. The zero-order valence-electron chi connectivity index (χ0n) is 6.37. The number of H-pyrrole nitrogens is 1.